The minimum atomic E-state index is 0.226. The molecule has 1 aliphatic rings. The van der Waals surface area contributed by atoms with Crippen LogP contribution in [0.25, 0.3) is 0 Å². The molecule has 1 atom stereocenters. The van der Waals surface area contributed by atoms with Crippen molar-refractivity contribution in [1.29, 1.82) is 0 Å². The van der Waals surface area contributed by atoms with E-state index in [1.54, 1.807) is 0 Å². The molecule has 2 rings (SSSR count). The van der Waals surface area contributed by atoms with Gasteiger partial charge in [0.05, 0.1) is 0 Å². The Morgan fingerprint density at radius 1 is 1.22 bits per heavy atom. The molecule has 1 aliphatic heterocycles. The zero-order chi connectivity index (χ0) is 13.0. The molecule has 18 heavy (non-hydrogen) atoms. The van der Waals surface area contributed by atoms with Crippen LogP contribution in [-0.2, 0) is 0 Å². The van der Waals surface area contributed by atoms with Crippen molar-refractivity contribution in [2.75, 3.05) is 19.6 Å². The van der Waals surface area contributed by atoms with Crippen LogP contribution < -0.4 is 5.73 Å². The molecular weight excluding hydrogens is 220 g/mol. The monoisotopic (exact) mass is 246 g/mol. The van der Waals surface area contributed by atoms with Crippen molar-refractivity contribution in [3.05, 3.63) is 35.9 Å². The molecule has 0 saturated carbocycles. The van der Waals surface area contributed by atoms with Gasteiger partial charge in [-0.1, -0.05) is 44.2 Å². The summed E-state index contributed by atoms with van der Waals surface area (Å²) in [5, 5.41) is 0. The van der Waals surface area contributed by atoms with Crippen LogP contribution in [0, 0.1) is 0 Å². The summed E-state index contributed by atoms with van der Waals surface area (Å²) in [6, 6.07) is 10.9. The fourth-order valence-electron chi connectivity index (χ4n) is 3.30. The Balaban J connectivity index is 2.08. The zero-order valence-electron chi connectivity index (χ0n) is 11.7. The summed E-state index contributed by atoms with van der Waals surface area (Å²) in [7, 11) is 0. The molecule has 1 fully saturated rings. The van der Waals surface area contributed by atoms with E-state index < -0.39 is 0 Å². The third-order valence-corrected chi connectivity index (χ3v) is 4.83. The number of hydrogen-bond acceptors (Lipinski definition) is 2. The first-order valence-electron chi connectivity index (χ1n) is 7.26. The molecule has 0 aromatic heterocycles. The van der Waals surface area contributed by atoms with E-state index >= 15 is 0 Å². The van der Waals surface area contributed by atoms with E-state index in [4.69, 9.17) is 5.73 Å². The van der Waals surface area contributed by atoms with Crippen molar-refractivity contribution in [3.8, 4) is 0 Å². The lowest BCUT2D eigenvalue weighted by Gasteiger charge is -2.40. The van der Waals surface area contributed by atoms with E-state index in [-0.39, 0.29) is 5.54 Å². The van der Waals surface area contributed by atoms with Crippen LogP contribution in [-0.4, -0.2) is 30.1 Å². The highest BCUT2D eigenvalue weighted by atomic mass is 15.2. The Kier molecular flexibility index (Phi) is 4.41. The second kappa shape index (κ2) is 5.85. The Hall–Kier alpha value is -0.860. The van der Waals surface area contributed by atoms with Gasteiger partial charge in [-0.3, -0.25) is 4.90 Å². The van der Waals surface area contributed by atoms with Crippen molar-refractivity contribution in [2.45, 2.75) is 44.6 Å². The summed E-state index contributed by atoms with van der Waals surface area (Å²) >= 11 is 0. The maximum Gasteiger partial charge on any atom is 0.0326 e. The van der Waals surface area contributed by atoms with Crippen LogP contribution in [0.3, 0.4) is 0 Å². The minimum Gasteiger partial charge on any atom is -0.329 e. The van der Waals surface area contributed by atoms with Crippen molar-refractivity contribution < 1.29 is 0 Å². The van der Waals surface area contributed by atoms with Gasteiger partial charge in [-0.25, -0.2) is 0 Å². The lowest BCUT2D eigenvalue weighted by Crippen LogP contribution is -2.52. The summed E-state index contributed by atoms with van der Waals surface area (Å²) < 4.78 is 0. The third-order valence-electron chi connectivity index (χ3n) is 4.83. The number of nitrogens with zero attached hydrogens (tertiary/aromatic N) is 1. The summed E-state index contributed by atoms with van der Waals surface area (Å²) in [6.07, 6.45) is 3.58. The Labute approximate surface area is 111 Å². The molecule has 0 bridgehead atoms. The molecule has 1 aromatic rings. The van der Waals surface area contributed by atoms with Gasteiger partial charge in [-0.05, 0) is 37.3 Å². The smallest absolute Gasteiger partial charge is 0.0326 e. The number of rotatable bonds is 5. The number of nitrogens with two attached hydrogens (primary N) is 1. The highest BCUT2D eigenvalue weighted by Gasteiger charge is 2.37. The van der Waals surface area contributed by atoms with E-state index in [0.717, 1.165) is 19.4 Å². The van der Waals surface area contributed by atoms with Crippen LogP contribution in [0.5, 0.6) is 0 Å². The first-order chi connectivity index (χ1) is 8.75. The van der Waals surface area contributed by atoms with Gasteiger partial charge in [0.15, 0.2) is 0 Å². The quantitative estimate of drug-likeness (QED) is 0.865. The molecule has 1 saturated heterocycles. The number of hydrogen-bond donors (Lipinski definition) is 1. The average molecular weight is 246 g/mol. The van der Waals surface area contributed by atoms with E-state index in [0.29, 0.717) is 5.92 Å². The summed E-state index contributed by atoms with van der Waals surface area (Å²) in [5.74, 6) is 0.690. The second-order valence-corrected chi connectivity index (χ2v) is 5.48. The van der Waals surface area contributed by atoms with Crippen LogP contribution in [0.4, 0.5) is 0 Å². The Morgan fingerprint density at radius 2 is 1.89 bits per heavy atom. The van der Waals surface area contributed by atoms with E-state index in [9.17, 15) is 0 Å². The molecule has 0 amide bonds. The number of likely N-dealkylation sites (tertiary alicyclic amines) is 1. The lowest BCUT2D eigenvalue weighted by molar-refractivity contribution is 0.112. The molecule has 0 aliphatic carbocycles. The molecule has 0 spiro atoms. The van der Waals surface area contributed by atoms with Gasteiger partial charge in [0.25, 0.3) is 0 Å². The predicted octanol–water partition coefficient (Wildman–Crippen LogP) is 2.99. The van der Waals surface area contributed by atoms with Crippen LogP contribution in [0.15, 0.2) is 30.3 Å². The van der Waals surface area contributed by atoms with Gasteiger partial charge in [0, 0.05) is 18.6 Å². The van der Waals surface area contributed by atoms with Crippen molar-refractivity contribution in [1.82, 2.24) is 4.90 Å². The fraction of sp³-hybridized carbons (Fsp3) is 0.625. The van der Waals surface area contributed by atoms with E-state index in [1.807, 2.05) is 0 Å². The topological polar surface area (TPSA) is 29.3 Å². The summed E-state index contributed by atoms with van der Waals surface area (Å²) in [6.45, 7) is 7.68. The Bertz CT molecular complexity index is 348. The standard InChI is InChI=1S/C16H26N2/c1-3-16(4-2,13-17)18-11-10-15(12-18)14-8-6-5-7-9-14/h5-9,15H,3-4,10-13,17H2,1-2H3. The molecule has 0 radical (unpaired) electrons. The zero-order valence-corrected chi connectivity index (χ0v) is 11.7. The molecule has 1 heterocycles. The molecule has 2 nitrogen and oxygen atoms in total. The Morgan fingerprint density at radius 3 is 2.44 bits per heavy atom. The second-order valence-electron chi connectivity index (χ2n) is 5.48. The van der Waals surface area contributed by atoms with Crippen LogP contribution in [0.2, 0.25) is 0 Å². The number of benzene rings is 1. The maximum absolute atomic E-state index is 6.05. The van der Waals surface area contributed by atoms with Crippen LogP contribution in [0.1, 0.15) is 44.6 Å². The van der Waals surface area contributed by atoms with Crippen molar-refractivity contribution in [2.24, 2.45) is 5.73 Å². The summed E-state index contributed by atoms with van der Waals surface area (Å²) in [4.78, 5) is 2.63. The van der Waals surface area contributed by atoms with Gasteiger partial charge in [0.2, 0.25) is 0 Å². The maximum atomic E-state index is 6.05. The molecule has 2 heteroatoms. The summed E-state index contributed by atoms with van der Waals surface area (Å²) in [5.41, 5.74) is 7.76. The highest BCUT2D eigenvalue weighted by molar-refractivity contribution is 5.21. The molecule has 1 aromatic carbocycles. The first kappa shape index (κ1) is 13.6. The first-order valence-corrected chi connectivity index (χ1v) is 7.26. The van der Waals surface area contributed by atoms with Gasteiger partial charge >= 0.3 is 0 Å². The van der Waals surface area contributed by atoms with E-state index in [1.165, 1.54) is 25.1 Å². The van der Waals surface area contributed by atoms with Crippen molar-refractivity contribution in [3.63, 3.8) is 0 Å². The third kappa shape index (κ3) is 2.45. The molecular formula is C16H26N2. The fourth-order valence-corrected chi connectivity index (χ4v) is 3.30. The minimum absolute atomic E-state index is 0.226. The van der Waals surface area contributed by atoms with Crippen LogP contribution >= 0.6 is 0 Å². The largest absolute Gasteiger partial charge is 0.329 e. The SMILES string of the molecule is CCC(CC)(CN)N1CCC(c2ccccc2)C1. The molecule has 1 unspecified atom stereocenters. The van der Waals surface area contributed by atoms with Gasteiger partial charge in [-0.2, -0.15) is 0 Å². The lowest BCUT2D eigenvalue weighted by atomic mass is 9.90. The normalized spacial score (nSPS) is 21.4. The highest BCUT2D eigenvalue weighted by Crippen LogP contribution is 2.34. The van der Waals surface area contributed by atoms with Gasteiger partial charge in [-0.15, -0.1) is 0 Å². The molecule has 2 N–H and O–H groups in total. The van der Waals surface area contributed by atoms with Gasteiger partial charge < -0.3 is 5.73 Å². The molecule has 100 valence electrons. The van der Waals surface area contributed by atoms with Crippen molar-refractivity contribution >= 4 is 0 Å². The van der Waals surface area contributed by atoms with E-state index in [2.05, 4.69) is 49.1 Å². The average Bonchev–Trinajstić information content (AvgIpc) is 2.93. The van der Waals surface area contributed by atoms with Gasteiger partial charge in [0.1, 0.15) is 0 Å². The predicted molar refractivity (Wildman–Crippen MR) is 77.7 cm³/mol.